The fraction of sp³-hybridized carbons (Fsp3) is 0.952. The highest BCUT2D eigenvalue weighted by atomic mass is 127. The van der Waals surface area contributed by atoms with Crippen molar-refractivity contribution in [1.29, 1.82) is 0 Å². The molecule has 0 amide bonds. The summed E-state index contributed by atoms with van der Waals surface area (Å²) in [7, 11) is -1.42. The van der Waals surface area contributed by atoms with Gasteiger partial charge in [-0.05, 0) is 51.6 Å². The minimum Gasteiger partial charge on any atom is -0.381 e. The standard InChI is InChI=1S/C21H40N4O3S.HI/c1-22-19(24-18-21(29(2,26)27)11-15-28-16-12-21)23-17-20(9-5-3-6-10-20)25-13-7-4-8-14-25;/h3-18H2,1-2H3,(H2,22,23,24);1H. The fourth-order valence-corrected chi connectivity index (χ4v) is 6.56. The Labute approximate surface area is 200 Å². The number of aliphatic imine (C=N–C) groups is 1. The Bertz CT molecular complexity index is 653. The van der Waals surface area contributed by atoms with E-state index in [4.69, 9.17) is 4.74 Å². The van der Waals surface area contributed by atoms with Crippen LogP contribution in [0, 0.1) is 0 Å². The maximum absolute atomic E-state index is 12.5. The second kappa shape index (κ2) is 11.7. The van der Waals surface area contributed by atoms with Gasteiger partial charge in [0.15, 0.2) is 15.8 Å². The predicted molar refractivity (Wildman–Crippen MR) is 134 cm³/mol. The molecule has 1 aliphatic carbocycles. The fourth-order valence-electron chi connectivity index (χ4n) is 5.32. The molecule has 0 bridgehead atoms. The predicted octanol–water partition coefficient (Wildman–Crippen LogP) is 2.55. The van der Waals surface area contributed by atoms with E-state index in [0.717, 1.165) is 6.54 Å². The zero-order valence-corrected chi connectivity index (χ0v) is 21.9. The molecule has 0 aromatic carbocycles. The molecule has 0 unspecified atom stereocenters. The molecule has 2 N–H and O–H groups in total. The molecule has 2 heterocycles. The Balaban J connectivity index is 0.00000320. The average molecular weight is 557 g/mol. The molecule has 176 valence electrons. The first-order valence-electron chi connectivity index (χ1n) is 11.4. The molecule has 0 spiro atoms. The first-order valence-corrected chi connectivity index (χ1v) is 13.3. The van der Waals surface area contributed by atoms with Crippen LogP contribution in [0.3, 0.4) is 0 Å². The van der Waals surface area contributed by atoms with Crippen molar-refractivity contribution in [2.75, 3.05) is 52.7 Å². The summed E-state index contributed by atoms with van der Waals surface area (Å²) >= 11 is 0. The highest BCUT2D eigenvalue weighted by Crippen LogP contribution is 2.35. The van der Waals surface area contributed by atoms with Crippen molar-refractivity contribution in [2.24, 2.45) is 4.99 Å². The number of guanidine groups is 1. The van der Waals surface area contributed by atoms with Crippen molar-refractivity contribution in [2.45, 2.75) is 74.5 Å². The van der Waals surface area contributed by atoms with Crippen LogP contribution in [0.2, 0.25) is 0 Å². The van der Waals surface area contributed by atoms with Gasteiger partial charge in [-0.3, -0.25) is 9.89 Å². The van der Waals surface area contributed by atoms with Crippen LogP contribution >= 0.6 is 24.0 Å². The van der Waals surface area contributed by atoms with Crippen molar-refractivity contribution < 1.29 is 13.2 Å². The topological polar surface area (TPSA) is 83.0 Å². The van der Waals surface area contributed by atoms with Crippen molar-refractivity contribution in [1.82, 2.24) is 15.5 Å². The first-order chi connectivity index (χ1) is 13.9. The third-order valence-electron chi connectivity index (χ3n) is 7.39. The SMILES string of the molecule is CN=C(NCC1(N2CCCCC2)CCCCC1)NCC1(S(C)(=O)=O)CCOCC1.I. The van der Waals surface area contributed by atoms with Gasteiger partial charge in [-0.1, -0.05) is 25.7 Å². The molecule has 0 aromatic heterocycles. The molecule has 3 rings (SSSR count). The van der Waals surface area contributed by atoms with E-state index in [-0.39, 0.29) is 29.5 Å². The van der Waals surface area contributed by atoms with E-state index in [1.807, 2.05) is 0 Å². The summed E-state index contributed by atoms with van der Waals surface area (Å²) in [6.07, 6.45) is 12.8. The largest absolute Gasteiger partial charge is 0.381 e. The minimum atomic E-state index is -3.19. The number of nitrogens with zero attached hydrogens (tertiary/aromatic N) is 2. The van der Waals surface area contributed by atoms with Gasteiger partial charge >= 0.3 is 0 Å². The van der Waals surface area contributed by atoms with Crippen LogP contribution in [0.5, 0.6) is 0 Å². The van der Waals surface area contributed by atoms with Crippen molar-refractivity contribution in [3.05, 3.63) is 0 Å². The number of sulfone groups is 1. The number of piperidine rings is 1. The lowest BCUT2D eigenvalue weighted by atomic mass is 9.79. The summed E-state index contributed by atoms with van der Waals surface area (Å²) in [4.78, 5) is 7.11. The first kappa shape index (κ1) is 26.1. The maximum atomic E-state index is 12.5. The molecule has 2 saturated heterocycles. The van der Waals surface area contributed by atoms with Gasteiger partial charge in [0.05, 0.1) is 4.75 Å². The smallest absolute Gasteiger partial charge is 0.191 e. The van der Waals surface area contributed by atoms with Crippen LogP contribution in [-0.2, 0) is 14.6 Å². The van der Waals surface area contributed by atoms with Crippen molar-refractivity contribution in [3.8, 4) is 0 Å². The van der Waals surface area contributed by atoms with Crippen LogP contribution in [0.1, 0.15) is 64.2 Å². The molecule has 9 heteroatoms. The molecule has 30 heavy (non-hydrogen) atoms. The number of ether oxygens (including phenoxy) is 1. The van der Waals surface area contributed by atoms with Crippen LogP contribution in [0.25, 0.3) is 0 Å². The van der Waals surface area contributed by atoms with E-state index in [9.17, 15) is 8.42 Å². The van der Waals surface area contributed by atoms with Gasteiger partial charge in [0, 0.05) is 45.1 Å². The Kier molecular flexibility index (Phi) is 10.1. The van der Waals surface area contributed by atoms with E-state index in [1.54, 1.807) is 7.05 Å². The van der Waals surface area contributed by atoms with E-state index in [1.165, 1.54) is 70.7 Å². The third-order valence-corrected chi connectivity index (χ3v) is 9.51. The molecule has 0 atom stereocenters. The molecule has 7 nitrogen and oxygen atoms in total. The highest BCUT2D eigenvalue weighted by Gasteiger charge is 2.43. The summed E-state index contributed by atoms with van der Waals surface area (Å²) in [5.74, 6) is 0.710. The monoisotopic (exact) mass is 556 g/mol. The summed E-state index contributed by atoms with van der Waals surface area (Å²) in [6, 6.07) is 0. The zero-order chi connectivity index (χ0) is 20.8. The molecular formula is C21H41IN4O3S. The van der Waals surface area contributed by atoms with Gasteiger partial charge in [-0.25, -0.2) is 8.42 Å². The molecule has 0 radical (unpaired) electrons. The summed E-state index contributed by atoms with van der Waals surface area (Å²) in [5, 5.41) is 6.89. The number of hydrogen-bond donors (Lipinski definition) is 2. The van der Waals surface area contributed by atoms with Gasteiger partial charge in [0.2, 0.25) is 0 Å². The average Bonchev–Trinajstić information content (AvgIpc) is 2.75. The molecule has 3 aliphatic rings. The van der Waals surface area contributed by atoms with E-state index in [0.29, 0.717) is 38.6 Å². The Morgan fingerprint density at radius 3 is 2.07 bits per heavy atom. The summed E-state index contributed by atoms with van der Waals surface area (Å²) < 4.78 is 29.7. The second-order valence-electron chi connectivity index (χ2n) is 9.18. The summed E-state index contributed by atoms with van der Waals surface area (Å²) in [5.41, 5.74) is 0.212. The lowest BCUT2D eigenvalue weighted by Gasteiger charge is -2.48. The Morgan fingerprint density at radius 1 is 0.933 bits per heavy atom. The van der Waals surface area contributed by atoms with Crippen LogP contribution < -0.4 is 10.6 Å². The number of likely N-dealkylation sites (tertiary alicyclic amines) is 1. The number of rotatable bonds is 6. The van der Waals surface area contributed by atoms with Crippen LogP contribution in [0.15, 0.2) is 4.99 Å². The van der Waals surface area contributed by atoms with Crippen LogP contribution in [0.4, 0.5) is 0 Å². The third kappa shape index (κ3) is 6.22. The van der Waals surface area contributed by atoms with Gasteiger partial charge in [-0.2, -0.15) is 0 Å². The number of halogens is 1. The number of hydrogen-bond acceptors (Lipinski definition) is 5. The van der Waals surface area contributed by atoms with E-state index < -0.39 is 14.6 Å². The second-order valence-corrected chi connectivity index (χ2v) is 11.6. The molecule has 2 aliphatic heterocycles. The van der Waals surface area contributed by atoms with Gasteiger partial charge < -0.3 is 15.4 Å². The normalized spacial score (nSPS) is 25.2. The van der Waals surface area contributed by atoms with Crippen LogP contribution in [-0.4, -0.2) is 82.3 Å². The zero-order valence-electron chi connectivity index (χ0n) is 18.7. The molecular weight excluding hydrogens is 515 g/mol. The highest BCUT2D eigenvalue weighted by molar-refractivity contribution is 14.0. The number of nitrogens with one attached hydrogen (secondary N) is 2. The quantitative estimate of drug-likeness (QED) is 0.298. The lowest BCUT2D eigenvalue weighted by Crippen LogP contribution is -2.60. The Hall–Kier alpha value is -0.130. The molecule has 3 fully saturated rings. The van der Waals surface area contributed by atoms with Gasteiger partial charge in [0.25, 0.3) is 0 Å². The maximum Gasteiger partial charge on any atom is 0.191 e. The van der Waals surface area contributed by atoms with Crippen molar-refractivity contribution in [3.63, 3.8) is 0 Å². The lowest BCUT2D eigenvalue weighted by molar-refractivity contribution is 0.0368. The van der Waals surface area contributed by atoms with E-state index >= 15 is 0 Å². The van der Waals surface area contributed by atoms with Gasteiger partial charge in [0.1, 0.15) is 0 Å². The van der Waals surface area contributed by atoms with E-state index in [2.05, 4.69) is 20.5 Å². The summed E-state index contributed by atoms with van der Waals surface area (Å²) in [6.45, 7) is 4.65. The molecule has 1 saturated carbocycles. The minimum absolute atomic E-state index is 0. The molecule has 0 aromatic rings. The van der Waals surface area contributed by atoms with Crippen molar-refractivity contribution >= 4 is 39.8 Å². The van der Waals surface area contributed by atoms with Gasteiger partial charge in [-0.15, -0.1) is 24.0 Å². The Morgan fingerprint density at radius 2 is 1.50 bits per heavy atom.